The van der Waals surface area contributed by atoms with Gasteiger partial charge in [-0.2, -0.15) is 5.10 Å². The van der Waals surface area contributed by atoms with E-state index in [-0.39, 0.29) is 23.5 Å². The Kier molecular flexibility index (Phi) is 3.81. The van der Waals surface area contributed by atoms with Gasteiger partial charge in [0.2, 0.25) is 0 Å². The molecule has 4 rings (SSSR count). The number of carbonyl (C=O) groups excluding carboxylic acids is 1. The van der Waals surface area contributed by atoms with E-state index in [4.69, 9.17) is 4.42 Å². The summed E-state index contributed by atoms with van der Waals surface area (Å²) >= 11 is 0. The van der Waals surface area contributed by atoms with Crippen molar-refractivity contribution in [1.82, 2.24) is 25.4 Å². The molecule has 0 aromatic carbocycles. The number of furan rings is 1. The van der Waals surface area contributed by atoms with Crippen LogP contribution in [0.2, 0.25) is 0 Å². The molecule has 2 aromatic rings. The molecule has 0 bridgehead atoms. The number of carbonyl (C=O) groups is 1. The zero-order chi connectivity index (χ0) is 17.6. The summed E-state index contributed by atoms with van der Waals surface area (Å²) in [5.41, 5.74) is 1.23. The Bertz CT molecular complexity index is 791. The predicted molar refractivity (Wildman–Crippen MR) is 92.1 cm³/mol. The number of urea groups is 1. The Hall–Kier alpha value is -2.31. The van der Waals surface area contributed by atoms with E-state index in [1.54, 1.807) is 6.33 Å². The largest absolute Gasteiger partial charge is 0.466 e. The Morgan fingerprint density at radius 3 is 3.08 bits per heavy atom. The predicted octanol–water partition coefficient (Wildman–Crippen LogP) is 2.51. The second-order valence-electron chi connectivity index (χ2n) is 8.05. The average Bonchev–Trinajstić information content (AvgIpc) is 3.11. The molecule has 7 heteroatoms. The summed E-state index contributed by atoms with van der Waals surface area (Å²) in [5, 5.41) is 10.4. The molecule has 0 spiro atoms. The molecule has 0 radical (unpaired) electrons. The maximum absolute atomic E-state index is 12.6. The molecule has 134 valence electrons. The van der Waals surface area contributed by atoms with Crippen molar-refractivity contribution < 1.29 is 9.21 Å². The van der Waals surface area contributed by atoms with Gasteiger partial charge in [-0.1, -0.05) is 13.8 Å². The van der Waals surface area contributed by atoms with Gasteiger partial charge in [0.15, 0.2) is 0 Å². The summed E-state index contributed by atoms with van der Waals surface area (Å²) in [4.78, 5) is 16.8. The number of aryl methyl sites for hydroxylation is 2. The van der Waals surface area contributed by atoms with Gasteiger partial charge in [-0.05, 0) is 31.2 Å². The highest BCUT2D eigenvalue weighted by Gasteiger charge is 2.36. The number of aromatic nitrogens is 3. The number of nitrogens with zero attached hydrogens (tertiary/aromatic N) is 3. The van der Waals surface area contributed by atoms with Crippen LogP contribution in [0.1, 0.15) is 55.6 Å². The summed E-state index contributed by atoms with van der Waals surface area (Å²) < 4.78 is 7.71. The van der Waals surface area contributed by atoms with Gasteiger partial charge in [0.1, 0.15) is 23.7 Å². The molecule has 1 aliphatic carbocycles. The van der Waals surface area contributed by atoms with Crippen LogP contribution < -0.4 is 10.6 Å². The second kappa shape index (κ2) is 5.89. The van der Waals surface area contributed by atoms with Crippen molar-refractivity contribution in [3.8, 4) is 0 Å². The van der Waals surface area contributed by atoms with E-state index >= 15 is 0 Å². The van der Waals surface area contributed by atoms with Gasteiger partial charge in [0.05, 0.1) is 18.6 Å². The molecule has 0 fully saturated rings. The number of nitrogens with one attached hydrogen (secondary N) is 2. The van der Waals surface area contributed by atoms with Crippen molar-refractivity contribution in [2.75, 3.05) is 0 Å². The second-order valence-corrected chi connectivity index (χ2v) is 8.05. The molecule has 1 aliphatic heterocycles. The highest BCUT2D eigenvalue weighted by Crippen LogP contribution is 2.41. The lowest BCUT2D eigenvalue weighted by molar-refractivity contribution is 0.209. The van der Waals surface area contributed by atoms with Crippen molar-refractivity contribution in [1.29, 1.82) is 0 Å². The molecule has 2 aromatic heterocycles. The van der Waals surface area contributed by atoms with E-state index in [1.807, 2.05) is 11.6 Å². The minimum Gasteiger partial charge on any atom is -0.466 e. The monoisotopic (exact) mass is 343 g/mol. The third-order valence-electron chi connectivity index (χ3n) is 5.18. The van der Waals surface area contributed by atoms with E-state index in [2.05, 4.69) is 40.6 Å². The van der Waals surface area contributed by atoms with E-state index in [1.165, 1.54) is 0 Å². The first-order valence-corrected chi connectivity index (χ1v) is 8.92. The Morgan fingerprint density at radius 1 is 1.40 bits per heavy atom. The van der Waals surface area contributed by atoms with Gasteiger partial charge in [0, 0.05) is 18.4 Å². The fourth-order valence-corrected chi connectivity index (χ4v) is 4.05. The van der Waals surface area contributed by atoms with Crippen LogP contribution >= 0.6 is 0 Å². The van der Waals surface area contributed by atoms with E-state index in [9.17, 15) is 4.79 Å². The standard InChI is InChI=1S/C18H25N5O2/c1-11-6-13-14(7-18(2,3)8-15(13)25-11)22-17(24)21-12-4-5-16-19-10-20-23(16)9-12/h6,10,12,14H,4-5,7-9H2,1-3H3,(H2,21,22,24)/t12-,14-/m1/s1. The molecule has 2 atom stereocenters. The highest BCUT2D eigenvalue weighted by molar-refractivity contribution is 5.75. The molecule has 2 aliphatic rings. The van der Waals surface area contributed by atoms with Gasteiger partial charge in [-0.25, -0.2) is 14.5 Å². The van der Waals surface area contributed by atoms with Gasteiger partial charge in [-0.15, -0.1) is 0 Å². The van der Waals surface area contributed by atoms with Gasteiger partial charge in [0.25, 0.3) is 0 Å². The maximum Gasteiger partial charge on any atom is 0.315 e. The van der Waals surface area contributed by atoms with Crippen LogP contribution in [0.4, 0.5) is 4.79 Å². The first kappa shape index (κ1) is 16.2. The number of hydrogen-bond acceptors (Lipinski definition) is 4. The molecule has 0 saturated carbocycles. The molecule has 3 heterocycles. The lowest BCUT2D eigenvalue weighted by Gasteiger charge is -2.35. The van der Waals surface area contributed by atoms with Gasteiger partial charge in [-0.3, -0.25) is 0 Å². The number of rotatable bonds is 2. The zero-order valence-corrected chi connectivity index (χ0v) is 15.0. The molecule has 0 saturated heterocycles. The average molecular weight is 343 g/mol. The Morgan fingerprint density at radius 2 is 2.24 bits per heavy atom. The summed E-state index contributed by atoms with van der Waals surface area (Å²) in [5.74, 6) is 2.90. The summed E-state index contributed by atoms with van der Waals surface area (Å²) in [6.45, 7) is 7.07. The minimum atomic E-state index is -0.124. The molecular weight excluding hydrogens is 318 g/mol. The molecule has 0 unspecified atom stereocenters. The van der Waals surface area contributed by atoms with Crippen molar-refractivity contribution in [3.05, 3.63) is 35.3 Å². The Labute approximate surface area is 147 Å². The van der Waals surface area contributed by atoms with Crippen molar-refractivity contribution in [3.63, 3.8) is 0 Å². The first-order chi connectivity index (χ1) is 11.9. The third-order valence-corrected chi connectivity index (χ3v) is 5.18. The van der Waals surface area contributed by atoms with Crippen LogP contribution in [0.25, 0.3) is 0 Å². The quantitative estimate of drug-likeness (QED) is 0.877. The SMILES string of the molecule is Cc1cc2c(o1)CC(C)(C)C[C@H]2NC(=O)N[C@@H]1CCc2ncnn2C1. The number of amides is 2. The lowest BCUT2D eigenvalue weighted by Crippen LogP contribution is -2.48. The van der Waals surface area contributed by atoms with E-state index < -0.39 is 0 Å². The van der Waals surface area contributed by atoms with Crippen LogP contribution in [0.15, 0.2) is 16.8 Å². The first-order valence-electron chi connectivity index (χ1n) is 8.92. The fraction of sp³-hybridized carbons (Fsp3) is 0.611. The van der Waals surface area contributed by atoms with Crippen molar-refractivity contribution in [2.45, 2.75) is 65.1 Å². The van der Waals surface area contributed by atoms with E-state index in [0.29, 0.717) is 6.54 Å². The summed E-state index contributed by atoms with van der Waals surface area (Å²) in [6, 6.07) is 2.00. The van der Waals surface area contributed by atoms with Crippen LogP contribution in [0.5, 0.6) is 0 Å². The van der Waals surface area contributed by atoms with Crippen molar-refractivity contribution >= 4 is 6.03 Å². The third kappa shape index (κ3) is 3.27. The normalized spacial score (nSPS) is 24.3. The fourth-order valence-electron chi connectivity index (χ4n) is 4.05. The minimum absolute atomic E-state index is 0.0123. The van der Waals surface area contributed by atoms with Gasteiger partial charge >= 0.3 is 6.03 Å². The smallest absolute Gasteiger partial charge is 0.315 e. The summed E-state index contributed by atoms with van der Waals surface area (Å²) in [6.07, 6.45) is 5.12. The van der Waals surface area contributed by atoms with Crippen LogP contribution in [-0.4, -0.2) is 26.8 Å². The molecule has 2 amide bonds. The molecular formula is C18H25N5O2. The van der Waals surface area contributed by atoms with Crippen LogP contribution in [0, 0.1) is 12.3 Å². The van der Waals surface area contributed by atoms with Crippen LogP contribution in [0.3, 0.4) is 0 Å². The molecule has 25 heavy (non-hydrogen) atoms. The topological polar surface area (TPSA) is 85.0 Å². The van der Waals surface area contributed by atoms with E-state index in [0.717, 1.165) is 48.6 Å². The van der Waals surface area contributed by atoms with Crippen LogP contribution in [-0.2, 0) is 19.4 Å². The highest BCUT2D eigenvalue weighted by atomic mass is 16.3. The molecule has 2 N–H and O–H groups in total. The van der Waals surface area contributed by atoms with Crippen molar-refractivity contribution in [2.24, 2.45) is 5.41 Å². The molecule has 7 nitrogen and oxygen atoms in total. The number of fused-ring (bicyclic) bond motifs is 2. The maximum atomic E-state index is 12.6. The zero-order valence-electron chi connectivity index (χ0n) is 15.0. The lowest BCUT2D eigenvalue weighted by atomic mass is 9.75. The summed E-state index contributed by atoms with van der Waals surface area (Å²) in [7, 11) is 0. The Balaban J connectivity index is 1.42. The number of hydrogen-bond donors (Lipinski definition) is 2. The van der Waals surface area contributed by atoms with Gasteiger partial charge < -0.3 is 15.1 Å².